The predicted molar refractivity (Wildman–Crippen MR) is 37.0 cm³/mol. The Morgan fingerprint density at radius 2 is 2.22 bits per heavy atom. The van der Waals surface area contributed by atoms with Gasteiger partial charge in [-0.05, 0) is 6.07 Å². The first-order valence-electron chi connectivity index (χ1n) is 2.19. The Kier molecular flexibility index (Phi) is 2.51. The van der Waals surface area contributed by atoms with Crippen molar-refractivity contribution in [1.82, 2.24) is 4.98 Å². The summed E-state index contributed by atoms with van der Waals surface area (Å²) in [6.45, 7) is 0. The molecule has 0 atom stereocenters. The van der Waals surface area contributed by atoms with Gasteiger partial charge in [-0.3, -0.25) is 4.98 Å². The van der Waals surface area contributed by atoms with E-state index in [1.54, 1.807) is 0 Å². The van der Waals surface area contributed by atoms with Crippen LogP contribution in [0.4, 0.5) is 5.69 Å². The SMILES string of the molecule is C.Nc1ccncc1O. The van der Waals surface area contributed by atoms with Crippen LogP contribution in [0.25, 0.3) is 0 Å². The normalized spacial score (nSPS) is 8.00. The number of nitrogen functional groups attached to an aromatic ring is 1. The van der Waals surface area contributed by atoms with Crippen LogP contribution >= 0.6 is 0 Å². The summed E-state index contributed by atoms with van der Waals surface area (Å²) in [4.78, 5) is 3.62. The molecule has 0 aliphatic heterocycles. The monoisotopic (exact) mass is 126 g/mol. The Morgan fingerprint density at radius 1 is 1.56 bits per heavy atom. The van der Waals surface area contributed by atoms with Crippen molar-refractivity contribution in [2.45, 2.75) is 7.43 Å². The average molecular weight is 126 g/mol. The molecule has 0 saturated carbocycles. The standard InChI is InChI=1S/C5H6N2O.CH4/c6-4-1-2-7-3-5(4)8;/h1-3,8H,(H2,6,7);1H4. The first-order chi connectivity index (χ1) is 3.80. The molecular formula is C6H10N2O. The molecule has 0 spiro atoms. The highest BCUT2D eigenvalue weighted by Crippen LogP contribution is 2.14. The number of aromatic nitrogens is 1. The van der Waals surface area contributed by atoms with E-state index in [-0.39, 0.29) is 13.2 Å². The van der Waals surface area contributed by atoms with Crippen LogP contribution < -0.4 is 5.73 Å². The van der Waals surface area contributed by atoms with Crippen LogP contribution in [0.3, 0.4) is 0 Å². The van der Waals surface area contributed by atoms with Crippen molar-refractivity contribution in [3.8, 4) is 5.75 Å². The number of rotatable bonds is 0. The maximum atomic E-state index is 8.73. The van der Waals surface area contributed by atoms with Gasteiger partial charge in [-0.1, -0.05) is 7.43 Å². The Bertz CT molecular complexity index is 167. The van der Waals surface area contributed by atoms with Crippen LogP contribution in [0.2, 0.25) is 0 Å². The second kappa shape index (κ2) is 2.91. The van der Waals surface area contributed by atoms with Gasteiger partial charge in [0.2, 0.25) is 0 Å². The van der Waals surface area contributed by atoms with Gasteiger partial charge in [0, 0.05) is 6.20 Å². The zero-order valence-electron chi connectivity index (χ0n) is 4.20. The summed E-state index contributed by atoms with van der Waals surface area (Å²) in [7, 11) is 0. The first-order valence-corrected chi connectivity index (χ1v) is 2.19. The summed E-state index contributed by atoms with van der Waals surface area (Å²) in [5.41, 5.74) is 5.59. The summed E-state index contributed by atoms with van der Waals surface area (Å²) in [6, 6.07) is 1.54. The summed E-state index contributed by atoms with van der Waals surface area (Å²) >= 11 is 0. The van der Waals surface area contributed by atoms with Crippen molar-refractivity contribution in [3.63, 3.8) is 0 Å². The van der Waals surface area contributed by atoms with E-state index < -0.39 is 0 Å². The van der Waals surface area contributed by atoms with E-state index in [1.807, 2.05) is 0 Å². The molecule has 0 fully saturated rings. The van der Waals surface area contributed by atoms with Gasteiger partial charge in [-0.25, -0.2) is 0 Å². The van der Waals surface area contributed by atoms with Crippen molar-refractivity contribution in [3.05, 3.63) is 18.5 Å². The van der Waals surface area contributed by atoms with E-state index in [1.165, 1.54) is 18.5 Å². The Hall–Kier alpha value is -1.25. The van der Waals surface area contributed by atoms with Gasteiger partial charge in [-0.2, -0.15) is 0 Å². The number of nitrogens with two attached hydrogens (primary N) is 1. The molecule has 3 heteroatoms. The third-order valence-corrected chi connectivity index (χ3v) is 0.833. The zero-order chi connectivity index (χ0) is 5.98. The van der Waals surface area contributed by atoms with Crippen molar-refractivity contribution >= 4 is 5.69 Å². The lowest BCUT2D eigenvalue weighted by Gasteiger charge is -1.91. The number of aromatic hydroxyl groups is 1. The van der Waals surface area contributed by atoms with Gasteiger partial charge in [0.05, 0.1) is 11.9 Å². The Balaban J connectivity index is 0.000000640. The third kappa shape index (κ3) is 1.60. The topological polar surface area (TPSA) is 59.1 Å². The number of nitrogens with zero attached hydrogens (tertiary/aromatic N) is 1. The lowest BCUT2D eigenvalue weighted by molar-refractivity contribution is 0.475. The number of hydrogen-bond donors (Lipinski definition) is 2. The minimum atomic E-state index is 0. The maximum Gasteiger partial charge on any atom is 0.156 e. The van der Waals surface area contributed by atoms with Gasteiger partial charge in [0.25, 0.3) is 0 Å². The number of pyridine rings is 1. The first kappa shape index (κ1) is 7.75. The fraction of sp³-hybridized carbons (Fsp3) is 0.167. The lowest BCUT2D eigenvalue weighted by atomic mass is 10.4. The van der Waals surface area contributed by atoms with E-state index in [0.717, 1.165) is 0 Å². The van der Waals surface area contributed by atoms with Crippen LogP contribution in [0.1, 0.15) is 7.43 Å². The van der Waals surface area contributed by atoms with Crippen LogP contribution in [0.15, 0.2) is 18.5 Å². The average Bonchev–Trinajstić information content (AvgIpc) is 1.77. The predicted octanol–water partition coefficient (Wildman–Crippen LogP) is 1.01. The quantitative estimate of drug-likeness (QED) is 0.545. The zero-order valence-corrected chi connectivity index (χ0v) is 4.20. The fourth-order valence-electron chi connectivity index (χ4n) is 0.397. The molecule has 1 rings (SSSR count). The second-order valence-electron chi connectivity index (χ2n) is 1.43. The van der Waals surface area contributed by atoms with Crippen LogP contribution in [-0.4, -0.2) is 10.1 Å². The largest absolute Gasteiger partial charge is 0.504 e. The number of hydrogen-bond acceptors (Lipinski definition) is 3. The van der Waals surface area contributed by atoms with E-state index in [0.29, 0.717) is 5.69 Å². The molecule has 0 amide bonds. The molecule has 0 aromatic carbocycles. The second-order valence-corrected chi connectivity index (χ2v) is 1.43. The fourth-order valence-corrected chi connectivity index (χ4v) is 0.397. The summed E-state index contributed by atoms with van der Waals surface area (Å²) < 4.78 is 0. The molecule has 3 N–H and O–H groups in total. The van der Waals surface area contributed by atoms with Gasteiger partial charge >= 0.3 is 0 Å². The van der Waals surface area contributed by atoms with Crippen LogP contribution in [0, 0.1) is 0 Å². The van der Waals surface area contributed by atoms with Crippen molar-refractivity contribution in [1.29, 1.82) is 0 Å². The Morgan fingerprint density at radius 3 is 2.56 bits per heavy atom. The molecule has 0 unspecified atom stereocenters. The molecule has 1 aromatic rings. The summed E-state index contributed by atoms with van der Waals surface area (Å²) in [5.74, 6) is 0.0347. The molecule has 0 aliphatic carbocycles. The van der Waals surface area contributed by atoms with E-state index >= 15 is 0 Å². The van der Waals surface area contributed by atoms with Gasteiger partial charge in [-0.15, -0.1) is 0 Å². The minimum Gasteiger partial charge on any atom is -0.504 e. The maximum absolute atomic E-state index is 8.73. The van der Waals surface area contributed by atoms with Crippen LogP contribution in [-0.2, 0) is 0 Å². The molecule has 3 nitrogen and oxygen atoms in total. The van der Waals surface area contributed by atoms with Crippen molar-refractivity contribution in [2.75, 3.05) is 5.73 Å². The smallest absolute Gasteiger partial charge is 0.156 e. The highest BCUT2D eigenvalue weighted by atomic mass is 16.3. The molecule has 50 valence electrons. The molecule has 0 saturated heterocycles. The van der Waals surface area contributed by atoms with E-state index in [4.69, 9.17) is 10.8 Å². The van der Waals surface area contributed by atoms with Gasteiger partial charge in [0.15, 0.2) is 5.75 Å². The summed E-state index contributed by atoms with van der Waals surface area (Å²) in [5, 5.41) is 8.73. The molecular weight excluding hydrogens is 116 g/mol. The molecule has 1 heterocycles. The van der Waals surface area contributed by atoms with Gasteiger partial charge < -0.3 is 10.8 Å². The third-order valence-electron chi connectivity index (χ3n) is 0.833. The van der Waals surface area contributed by atoms with Crippen molar-refractivity contribution in [2.24, 2.45) is 0 Å². The number of anilines is 1. The molecule has 0 bridgehead atoms. The highest BCUT2D eigenvalue weighted by molar-refractivity contribution is 5.48. The Labute approximate surface area is 54.2 Å². The van der Waals surface area contributed by atoms with E-state index in [2.05, 4.69) is 4.98 Å². The van der Waals surface area contributed by atoms with Crippen molar-refractivity contribution < 1.29 is 5.11 Å². The van der Waals surface area contributed by atoms with Gasteiger partial charge in [0.1, 0.15) is 0 Å². The van der Waals surface area contributed by atoms with E-state index in [9.17, 15) is 0 Å². The lowest BCUT2D eigenvalue weighted by Crippen LogP contribution is -1.84. The molecule has 0 radical (unpaired) electrons. The molecule has 0 aliphatic rings. The molecule has 9 heavy (non-hydrogen) atoms. The molecule has 1 aromatic heterocycles. The summed E-state index contributed by atoms with van der Waals surface area (Å²) in [6.07, 6.45) is 2.82. The highest BCUT2D eigenvalue weighted by Gasteiger charge is 1.89. The van der Waals surface area contributed by atoms with Crippen LogP contribution in [0.5, 0.6) is 5.75 Å². The minimum absolute atomic E-state index is 0.